The van der Waals surface area contributed by atoms with Crippen LogP contribution < -0.4 is 10.9 Å². The Balaban J connectivity index is 1.97. The van der Waals surface area contributed by atoms with Gasteiger partial charge in [-0.25, -0.2) is 13.6 Å². The van der Waals surface area contributed by atoms with Crippen LogP contribution in [0.1, 0.15) is 16.1 Å². The fourth-order valence-corrected chi connectivity index (χ4v) is 2.14. The van der Waals surface area contributed by atoms with Gasteiger partial charge in [-0.1, -0.05) is 6.07 Å². The van der Waals surface area contributed by atoms with Crippen LogP contribution in [0.15, 0.2) is 51.7 Å². The van der Waals surface area contributed by atoms with Crippen molar-refractivity contribution in [1.29, 1.82) is 0 Å². The standard InChI is InChI=1S/C17H11F2NO3/c1-9-2-4-12(8-14(9)19)20-16(21)15-7-10-6-11(18)3-5-13(10)17(22)23-15/h2-8H,1H3,(H,20,21). The van der Waals surface area contributed by atoms with Gasteiger partial charge in [0.15, 0.2) is 5.76 Å². The topological polar surface area (TPSA) is 59.3 Å². The Kier molecular flexibility index (Phi) is 3.65. The van der Waals surface area contributed by atoms with E-state index in [4.69, 9.17) is 4.42 Å². The molecule has 0 aliphatic heterocycles. The van der Waals surface area contributed by atoms with Crippen molar-refractivity contribution in [2.24, 2.45) is 0 Å². The van der Waals surface area contributed by atoms with Crippen LogP contribution in [-0.4, -0.2) is 5.91 Å². The van der Waals surface area contributed by atoms with Gasteiger partial charge in [0.25, 0.3) is 5.91 Å². The molecule has 0 aliphatic rings. The lowest BCUT2D eigenvalue weighted by atomic mass is 10.1. The Bertz CT molecular complexity index is 979. The van der Waals surface area contributed by atoms with Crippen molar-refractivity contribution in [2.45, 2.75) is 6.92 Å². The summed E-state index contributed by atoms with van der Waals surface area (Å²) in [5, 5.41) is 2.85. The van der Waals surface area contributed by atoms with Crippen LogP contribution >= 0.6 is 0 Å². The number of rotatable bonds is 2. The summed E-state index contributed by atoms with van der Waals surface area (Å²) in [7, 11) is 0. The van der Waals surface area contributed by atoms with Gasteiger partial charge < -0.3 is 9.73 Å². The second-order valence-corrected chi connectivity index (χ2v) is 5.05. The van der Waals surface area contributed by atoms with Crippen LogP contribution in [0, 0.1) is 18.6 Å². The molecule has 3 rings (SSSR count). The molecular weight excluding hydrogens is 304 g/mol. The minimum absolute atomic E-state index is 0.171. The van der Waals surface area contributed by atoms with E-state index in [0.29, 0.717) is 5.56 Å². The van der Waals surface area contributed by atoms with E-state index in [1.807, 2.05) is 0 Å². The van der Waals surface area contributed by atoms with Gasteiger partial charge in [0.2, 0.25) is 0 Å². The van der Waals surface area contributed by atoms with Crippen molar-refractivity contribution < 1.29 is 18.0 Å². The van der Waals surface area contributed by atoms with E-state index in [-0.39, 0.29) is 22.2 Å². The second-order valence-electron chi connectivity index (χ2n) is 5.05. The predicted octanol–water partition coefficient (Wildman–Crippen LogP) is 3.63. The maximum atomic E-state index is 13.5. The number of hydrogen-bond donors (Lipinski definition) is 1. The largest absolute Gasteiger partial charge is 0.417 e. The molecule has 1 heterocycles. The van der Waals surface area contributed by atoms with Crippen LogP contribution in [0.3, 0.4) is 0 Å². The zero-order valence-corrected chi connectivity index (χ0v) is 12.0. The molecule has 2 aromatic carbocycles. The van der Waals surface area contributed by atoms with Crippen molar-refractivity contribution in [3.05, 3.63) is 75.8 Å². The summed E-state index contributed by atoms with van der Waals surface area (Å²) in [4.78, 5) is 24.0. The third-order valence-corrected chi connectivity index (χ3v) is 3.38. The number of hydrogen-bond acceptors (Lipinski definition) is 3. The zero-order chi connectivity index (χ0) is 16.6. The van der Waals surface area contributed by atoms with Gasteiger partial charge in [0.1, 0.15) is 11.6 Å². The van der Waals surface area contributed by atoms with Crippen LogP contribution in [0.2, 0.25) is 0 Å². The first-order valence-electron chi connectivity index (χ1n) is 6.75. The maximum Gasteiger partial charge on any atom is 0.344 e. The summed E-state index contributed by atoms with van der Waals surface area (Å²) in [5.41, 5.74) is -0.0847. The minimum Gasteiger partial charge on any atom is -0.417 e. The van der Waals surface area contributed by atoms with Gasteiger partial charge in [0.05, 0.1) is 5.39 Å². The number of nitrogens with one attached hydrogen (secondary N) is 1. The van der Waals surface area contributed by atoms with Crippen LogP contribution in [0.25, 0.3) is 10.8 Å². The van der Waals surface area contributed by atoms with Gasteiger partial charge in [0, 0.05) is 5.69 Å². The monoisotopic (exact) mass is 315 g/mol. The Morgan fingerprint density at radius 2 is 1.87 bits per heavy atom. The van der Waals surface area contributed by atoms with Crippen LogP contribution in [0.4, 0.5) is 14.5 Å². The average molecular weight is 315 g/mol. The summed E-state index contributed by atoms with van der Waals surface area (Å²) in [5.74, 6) is -2.01. The molecule has 3 aromatic rings. The third-order valence-electron chi connectivity index (χ3n) is 3.38. The zero-order valence-electron chi connectivity index (χ0n) is 12.0. The number of anilines is 1. The van der Waals surface area contributed by atoms with Crippen LogP contribution in [-0.2, 0) is 0 Å². The SMILES string of the molecule is Cc1ccc(NC(=O)c2cc3cc(F)ccc3c(=O)o2)cc1F. The highest BCUT2D eigenvalue weighted by molar-refractivity contribution is 6.03. The molecule has 1 aromatic heterocycles. The van der Waals surface area contributed by atoms with E-state index in [1.54, 1.807) is 6.92 Å². The number of aryl methyl sites for hydroxylation is 1. The molecule has 0 saturated heterocycles. The molecule has 0 radical (unpaired) electrons. The molecule has 0 unspecified atom stereocenters. The quantitative estimate of drug-likeness (QED) is 0.785. The average Bonchev–Trinajstić information content (AvgIpc) is 2.50. The van der Waals surface area contributed by atoms with Gasteiger partial charge >= 0.3 is 5.63 Å². The van der Waals surface area contributed by atoms with Crippen molar-refractivity contribution in [3.63, 3.8) is 0 Å². The van der Waals surface area contributed by atoms with Gasteiger partial charge in [-0.3, -0.25) is 4.79 Å². The molecule has 0 spiro atoms. The second kappa shape index (κ2) is 5.64. The third kappa shape index (κ3) is 2.96. The van der Waals surface area contributed by atoms with Crippen LogP contribution in [0.5, 0.6) is 0 Å². The lowest BCUT2D eigenvalue weighted by Gasteiger charge is -2.06. The fourth-order valence-electron chi connectivity index (χ4n) is 2.14. The maximum absolute atomic E-state index is 13.5. The van der Waals surface area contributed by atoms with Crippen molar-refractivity contribution in [1.82, 2.24) is 0 Å². The Hall–Kier alpha value is -3.02. The number of halogens is 2. The molecule has 0 fully saturated rings. The minimum atomic E-state index is -0.747. The highest BCUT2D eigenvalue weighted by atomic mass is 19.1. The number of carbonyl (C=O) groups excluding carboxylic acids is 1. The molecule has 0 aliphatic carbocycles. The first-order chi connectivity index (χ1) is 10.9. The fraction of sp³-hybridized carbons (Fsp3) is 0.0588. The Morgan fingerprint density at radius 3 is 2.61 bits per heavy atom. The summed E-state index contributed by atoms with van der Waals surface area (Å²) >= 11 is 0. The molecule has 116 valence electrons. The number of amides is 1. The molecule has 23 heavy (non-hydrogen) atoms. The van der Waals surface area contributed by atoms with E-state index in [0.717, 1.165) is 18.2 Å². The molecule has 4 nitrogen and oxygen atoms in total. The predicted molar refractivity (Wildman–Crippen MR) is 81.5 cm³/mol. The van der Waals surface area contributed by atoms with E-state index >= 15 is 0 Å². The molecule has 0 atom stereocenters. The van der Waals surface area contributed by atoms with Gasteiger partial charge in [-0.15, -0.1) is 0 Å². The number of fused-ring (bicyclic) bond motifs is 1. The number of benzene rings is 2. The normalized spacial score (nSPS) is 10.7. The van der Waals surface area contributed by atoms with Gasteiger partial charge in [-0.2, -0.15) is 0 Å². The smallest absolute Gasteiger partial charge is 0.344 e. The van der Waals surface area contributed by atoms with E-state index < -0.39 is 23.2 Å². The molecule has 0 bridgehead atoms. The lowest BCUT2D eigenvalue weighted by Crippen LogP contribution is -2.15. The summed E-state index contributed by atoms with van der Waals surface area (Å²) in [6.07, 6.45) is 0. The van der Waals surface area contributed by atoms with Crippen molar-refractivity contribution >= 4 is 22.4 Å². The van der Waals surface area contributed by atoms with E-state index in [2.05, 4.69) is 5.32 Å². The Labute approximate surface area is 129 Å². The summed E-state index contributed by atoms with van der Waals surface area (Å²) in [6.45, 7) is 1.60. The molecular formula is C17H11F2NO3. The van der Waals surface area contributed by atoms with Crippen molar-refractivity contribution in [2.75, 3.05) is 5.32 Å². The Morgan fingerprint density at radius 1 is 1.09 bits per heavy atom. The molecule has 1 amide bonds. The summed E-state index contributed by atoms with van der Waals surface area (Å²) in [6, 6.07) is 9.01. The molecule has 0 saturated carbocycles. The lowest BCUT2D eigenvalue weighted by molar-refractivity contribution is 0.0993. The summed E-state index contributed by atoms with van der Waals surface area (Å²) < 4.78 is 31.7. The van der Waals surface area contributed by atoms with E-state index in [9.17, 15) is 18.4 Å². The first kappa shape index (κ1) is 14.9. The molecule has 1 N–H and O–H groups in total. The molecule has 6 heteroatoms. The highest BCUT2D eigenvalue weighted by Gasteiger charge is 2.13. The highest BCUT2D eigenvalue weighted by Crippen LogP contribution is 2.17. The number of carbonyl (C=O) groups is 1. The van der Waals surface area contributed by atoms with Gasteiger partial charge in [-0.05, 0) is 54.3 Å². The van der Waals surface area contributed by atoms with Crippen molar-refractivity contribution in [3.8, 4) is 0 Å². The van der Waals surface area contributed by atoms with E-state index in [1.165, 1.54) is 24.3 Å². The first-order valence-corrected chi connectivity index (χ1v) is 6.75.